The Morgan fingerprint density at radius 2 is 1.46 bits per heavy atom. The molecule has 2 bridgehead atoms. The quantitative estimate of drug-likeness (QED) is 0.412. The van der Waals surface area contributed by atoms with Crippen molar-refractivity contribution < 1.29 is 19.2 Å². The van der Waals surface area contributed by atoms with Crippen molar-refractivity contribution in [2.45, 2.75) is 30.8 Å². The Morgan fingerprint density at radius 3 is 1.92 bits per heavy atom. The maximum atomic E-state index is 5.62. The van der Waals surface area contributed by atoms with Gasteiger partial charge < -0.3 is 9.47 Å². The van der Waals surface area contributed by atoms with Crippen molar-refractivity contribution in [1.29, 1.82) is 0 Å². The molecule has 13 heavy (non-hydrogen) atoms. The van der Waals surface area contributed by atoms with E-state index in [-0.39, 0.29) is 12.2 Å². The van der Waals surface area contributed by atoms with Crippen LogP contribution in [0.1, 0.15) is 12.8 Å². The molecule has 1 spiro atoms. The van der Waals surface area contributed by atoms with E-state index in [0.717, 1.165) is 12.8 Å². The second-order valence-corrected chi connectivity index (χ2v) is 3.67. The van der Waals surface area contributed by atoms with Crippen LogP contribution in [0.3, 0.4) is 0 Å². The predicted octanol–water partition coefficient (Wildman–Crippen LogP) is 0.778. The molecular weight excluding hydrogens is 172 g/mol. The van der Waals surface area contributed by atoms with Gasteiger partial charge in [0, 0.05) is 12.8 Å². The molecule has 3 heterocycles. The maximum absolute atomic E-state index is 5.62. The van der Waals surface area contributed by atoms with Crippen molar-refractivity contribution in [2.75, 3.05) is 13.2 Å². The fraction of sp³-hybridized carbons (Fsp3) is 0.778. The largest absolute Gasteiger partial charge is 0.347 e. The zero-order valence-electron chi connectivity index (χ0n) is 7.27. The molecule has 72 valence electrons. The van der Waals surface area contributed by atoms with Crippen LogP contribution in [0.25, 0.3) is 0 Å². The molecule has 0 saturated carbocycles. The monoisotopic (exact) mass is 184 g/mol. The summed E-state index contributed by atoms with van der Waals surface area (Å²) in [5.41, 5.74) is 0. The first-order valence-electron chi connectivity index (χ1n) is 4.65. The van der Waals surface area contributed by atoms with Crippen LogP contribution in [-0.2, 0) is 19.2 Å². The number of rotatable bonds is 0. The second-order valence-electron chi connectivity index (χ2n) is 3.67. The van der Waals surface area contributed by atoms with Gasteiger partial charge in [0.1, 0.15) is 12.2 Å². The van der Waals surface area contributed by atoms with E-state index in [1.165, 1.54) is 0 Å². The minimum Gasteiger partial charge on any atom is -0.347 e. The highest BCUT2D eigenvalue weighted by atomic mass is 17.2. The SMILES string of the molecule is C1=CC2CC3(CC1OO2)OCCO3. The van der Waals surface area contributed by atoms with Crippen LogP contribution in [0, 0.1) is 0 Å². The number of hydrogen-bond acceptors (Lipinski definition) is 4. The highest BCUT2D eigenvalue weighted by Gasteiger charge is 2.45. The molecule has 2 unspecified atom stereocenters. The van der Waals surface area contributed by atoms with Crippen molar-refractivity contribution in [3.8, 4) is 0 Å². The Morgan fingerprint density at radius 1 is 0.923 bits per heavy atom. The van der Waals surface area contributed by atoms with Crippen molar-refractivity contribution in [2.24, 2.45) is 0 Å². The first-order chi connectivity index (χ1) is 6.36. The van der Waals surface area contributed by atoms with Gasteiger partial charge in [-0.25, -0.2) is 9.78 Å². The van der Waals surface area contributed by atoms with Crippen LogP contribution in [-0.4, -0.2) is 31.2 Å². The lowest BCUT2D eigenvalue weighted by Gasteiger charge is -2.25. The van der Waals surface area contributed by atoms with Gasteiger partial charge in [-0.05, 0) is 0 Å². The van der Waals surface area contributed by atoms with E-state index in [9.17, 15) is 0 Å². The molecular formula is C9H12O4. The zero-order chi connectivity index (χ0) is 8.73. The molecule has 4 aliphatic rings. The van der Waals surface area contributed by atoms with Crippen LogP contribution in [0.4, 0.5) is 0 Å². The smallest absolute Gasteiger partial charge is 0.174 e. The van der Waals surface area contributed by atoms with E-state index >= 15 is 0 Å². The highest BCUT2D eigenvalue weighted by Crippen LogP contribution is 2.37. The third-order valence-corrected chi connectivity index (χ3v) is 2.68. The Labute approximate surface area is 76.3 Å². The van der Waals surface area contributed by atoms with E-state index in [4.69, 9.17) is 19.2 Å². The fourth-order valence-electron chi connectivity index (χ4n) is 2.09. The molecule has 1 aliphatic carbocycles. The minimum absolute atomic E-state index is 0.0168. The van der Waals surface area contributed by atoms with Gasteiger partial charge in [0.2, 0.25) is 0 Å². The molecule has 2 fully saturated rings. The molecule has 4 rings (SSSR count). The Balaban J connectivity index is 1.86. The van der Waals surface area contributed by atoms with Crippen molar-refractivity contribution in [1.82, 2.24) is 0 Å². The molecule has 2 atom stereocenters. The second kappa shape index (κ2) is 2.78. The van der Waals surface area contributed by atoms with Crippen LogP contribution >= 0.6 is 0 Å². The van der Waals surface area contributed by atoms with E-state index in [1.54, 1.807) is 0 Å². The van der Waals surface area contributed by atoms with Crippen LogP contribution in [0.15, 0.2) is 12.2 Å². The fourth-order valence-corrected chi connectivity index (χ4v) is 2.09. The summed E-state index contributed by atoms with van der Waals surface area (Å²) in [7, 11) is 0. The molecule has 2 saturated heterocycles. The molecule has 0 aromatic heterocycles. The Kier molecular flexibility index (Phi) is 1.70. The first-order valence-corrected chi connectivity index (χ1v) is 4.65. The lowest BCUT2D eigenvalue weighted by molar-refractivity contribution is -0.332. The van der Waals surface area contributed by atoms with Crippen LogP contribution in [0.5, 0.6) is 0 Å². The Bertz CT molecular complexity index is 214. The Hall–Kier alpha value is -0.420. The van der Waals surface area contributed by atoms with Crippen LogP contribution < -0.4 is 0 Å². The van der Waals surface area contributed by atoms with Gasteiger partial charge in [0.25, 0.3) is 0 Å². The van der Waals surface area contributed by atoms with Gasteiger partial charge in [-0.1, -0.05) is 12.2 Å². The normalized spacial score (nSPS) is 41.2. The summed E-state index contributed by atoms with van der Waals surface area (Å²) in [6.45, 7) is 1.36. The average Bonchev–Trinajstić information content (AvgIpc) is 2.43. The molecule has 0 radical (unpaired) electrons. The van der Waals surface area contributed by atoms with Gasteiger partial charge in [0.15, 0.2) is 5.79 Å². The summed E-state index contributed by atoms with van der Waals surface area (Å²) in [5.74, 6) is -0.449. The summed E-state index contributed by atoms with van der Waals surface area (Å²) in [6, 6.07) is 0. The van der Waals surface area contributed by atoms with Gasteiger partial charge in [-0.15, -0.1) is 0 Å². The van der Waals surface area contributed by atoms with E-state index < -0.39 is 5.79 Å². The standard InChI is InChI=1S/C9H12O4/c1-2-8-6-9(10-3-4-11-9)5-7(1)12-13-8/h1-2,7-8H,3-6H2. The molecule has 0 aromatic rings. The number of ether oxygens (including phenoxy) is 2. The summed E-state index contributed by atoms with van der Waals surface area (Å²) in [5, 5.41) is 0. The van der Waals surface area contributed by atoms with Gasteiger partial charge in [-0.2, -0.15) is 0 Å². The minimum atomic E-state index is -0.449. The molecule has 0 amide bonds. The van der Waals surface area contributed by atoms with Crippen molar-refractivity contribution in [3.63, 3.8) is 0 Å². The lowest BCUT2D eigenvalue weighted by Crippen LogP contribution is -2.33. The van der Waals surface area contributed by atoms with Gasteiger partial charge >= 0.3 is 0 Å². The molecule has 0 aromatic carbocycles. The molecule has 4 heteroatoms. The number of fused-ring (bicyclic) bond motifs is 1. The van der Waals surface area contributed by atoms with Crippen molar-refractivity contribution >= 4 is 0 Å². The summed E-state index contributed by atoms with van der Waals surface area (Å²) < 4.78 is 11.2. The van der Waals surface area contributed by atoms with E-state index in [2.05, 4.69) is 0 Å². The maximum Gasteiger partial charge on any atom is 0.174 e. The van der Waals surface area contributed by atoms with Crippen LogP contribution in [0.2, 0.25) is 0 Å². The molecule has 3 aliphatic heterocycles. The highest BCUT2D eigenvalue weighted by molar-refractivity contribution is 5.04. The van der Waals surface area contributed by atoms with E-state index in [0.29, 0.717) is 13.2 Å². The van der Waals surface area contributed by atoms with E-state index in [1.807, 2.05) is 12.2 Å². The van der Waals surface area contributed by atoms with Gasteiger partial charge in [0.05, 0.1) is 13.2 Å². The molecule has 0 N–H and O–H groups in total. The summed E-state index contributed by atoms with van der Waals surface area (Å²) in [6.07, 6.45) is 5.48. The molecule has 4 nitrogen and oxygen atoms in total. The lowest BCUT2D eigenvalue weighted by atomic mass is 10.1. The van der Waals surface area contributed by atoms with Gasteiger partial charge in [-0.3, -0.25) is 0 Å². The third kappa shape index (κ3) is 1.30. The topological polar surface area (TPSA) is 36.9 Å². The summed E-state index contributed by atoms with van der Waals surface area (Å²) in [4.78, 5) is 10.3. The third-order valence-electron chi connectivity index (χ3n) is 2.68. The number of hydrogen-bond donors (Lipinski definition) is 0. The zero-order valence-corrected chi connectivity index (χ0v) is 7.27. The summed E-state index contributed by atoms with van der Waals surface area (Å²) >= 11 is 0. The predicted molar refractivity (Wildman–Crippen MR) is 42.8 cm³/mol. The first kappa shape index (κ1) is 7.94. The van der Waals surface area contributed by atoms with Crippen molar-refractivity contribution in [3.05, 3.63) is 12.2 Å². The average molecular weight is 184 g/mol.